The van der Waals surface area contributed by atoms with Gasteiger partial charge in [-0.2, -0.15) is 0 Å². The van der Waals surface area contributed by atoms with Crippen LogP contribution in [-0.2, 0) is 14.3 Å². The number of hydrogen-bond acceptors (Lipinski definition) is 3. The third-order valence-electron chi connectivity index (χ3n) is 1.96. The first-order valence-electron chi connectivity index (χ1n) is 4.69. The molecule has 0 radical (unpaired) electrons. The van der Waals surface area contributed by atoms with Crippen LogP contribution in [0.5, 0.6) is 0 Å². The average Bonchev–Trinajstić information content (AvgIpc) is 2.49. The van der Waals surface area contributed by atoms with E-state index < -0.39 is 0 Å². The van der Waals surface area contributed by atoms with Gasteiger partial charge >= 0.3 is 5.97 Å². The molecular weight excluding hydrogens is 168 g/mol. The van der Waals surface area contributed by atoms with Gasteiger partial charge in [0.1, 0.15) is 0 Å². The smallest absolute Gasteiger partial charge is 0.330 e. The Morgan fingerprint density at radius 3 is 3.00 bits per heavy atom. The number of carbonyl (C=O) groups excluding carboxylic acids is 1. The number of rotatable bonds is 3. The van der Waals surface area contributed by atoms with Crippen LogP contribution in [0.2, 0.25) is 0 Å². The SMILES string of the molecule is CCOC(=O)/C=C/C1CC(C)CO1. The minimum absolute atomic E-state index is 0.0967. The normalized spacial score (nSPS) is 28.2. The first-order chi connectivity index (χ1) is 6.22. The molecule has 0 amide bonds. The Morgan fingerprint density at radius 1 is 1.69 bits per heavy atom. The third kappa shape index (κ3) is 3.59. The maximum Gasteiger partial charge on any atom is 0.330 e. The Balaban J connectivity index is 2.27. The second-order valence-electron chi connectivity index (χ2n) is 3.32. The summed E-state index contributed by atoms with van der Waals surface area (Å²) in [5.74, 6) is 0.308. The molecule has 1 aliphatic rings. The lowest BCUT2D eigenvalue weighted by molar-refractivity contribution is -0.137. The lowest BCUT2D eigenvalue weighted by atomic mass is 10.1. The number of esters is 1. The average molecular weight is 184 g/mol. The molecule has 3 nitrogen and oxygen atoms in total. The highest BCUT2D eigenvalue weighted by molar-refractivity contribution is 5.81. The van der Waals surface area contributed by atoms with E-state index >= 15 is 0 Å². The van der Waals surface area contributed by atoms with Crippen LogP contribution in [0.1, 0.15) is 20.3 Å². The zero-order chi connectivity index (χ0) is 9.68. The van der Waals surface area contributed by atoms with Crippen molar-refractivity contribution in [2.24, 2.45) is 5.92 Å². The first-order valence-corrected chi connectivity index (χ1v) is 4.69. The van der Waals surface area contributed by atoms with Gasteiger partial charge in [-0.3, -0.25) is 0 Å². The van der Waals surface area contributed by atoms with Crippen LogP contribution in [0, 0.1) is 5.92 Å². The molecule has 1 heterocycles. The van der Waals surface area contributed by atoms with Crippen molar-refractivity contribution in [2.45, 2.75) is 26.4 Å². The van der Waals surface area contributed by atoms with Crippen molar-refractivity contribution in [3.63, 3.8) is 0 Å². The monoisotopic (exact) mass is 184 g/mol. The second-order valence-corrected chi connectivity index (χ2v) is 3.32. The molecule has 0 aromatic rings. The predicted molar refractivity (Wildman–Crippen MR) is 49.3 cm³/mol. The van der Waals surface area contributed by atoms with Crippen LogP contribution in [0.3, 0.4) is 0 Å². The summed E-state index contributed by atoms with van der Waals surface area (Å²) in [6.45, 7) is 5.14. The maximum atomic E-state index is 10.9. The Labute approximate surface area is 78.7 Å². The van der Waals surface area contributed by atoms with E-state index in [1.54, 1.807) is 13.0 Å². The van der Waals surface area contributed by atoms with Gasteiger partial charge in [-0.25, -0.2) is 4.79 Å². The lowest BCUT2D eigenvalue weighted by Crippen LogP contribution is -2.04. The molecule has 1 rings (SSSR count). The Morgan fingerprint density at radius 2 is 2.46 bits per heavy atom. The van der Waals surface area contributed by atoms with Crippen LogP contribution in [0.4, 0.5) is 0 Å². The summed E-state index contributed by atoms with van der Waals surface area (Å²) < 4.78 is 10.1. The minimum Gasteiger partial charge on any atom is -0.463 e. The van der Waals surface area contributed by atoms with Crippen LogP contribution in [-0.4, -0.2) is 25.3 Å². The summed E-state index contributed by atoms with van der Waals surface area (Å²) in [6, 6.07) is 0. The molecule has 0 aromatic carbocycles. The Kier molecular flexibility index (Phi) is 3.96. The summed E-state index contributed by atoms with van der Waals surface area (Å²) in [5.41, 5.74) is 0. The highest BCUT2D eigenvalue weighted by Gasteiger charge is 2.19. The third-order valence-corrected chi connectivity index (χ3v) is 1.96. The van der Waals surface area contributed by atoms with Gasteiger partial charge in [0.15, 0.2) is 0 Å². The largest absolute Gasteiger partial charge is 0.463 e. The zero-order valence-electron chi connectivity index (χ0n) is 8.16. The van der Waals surface area contributed by atoms with Gasteiger partial charge in [-0.05, 0) is 25.3 Å². The van der Waals surface area contributed by atoms with E-state index in [2.05, 4.69) is 6.92 Å². The van der Waals surface area contributed by atoms with Crippen molar-refractivity contribution in [3.8, 4) is 0 Å². The standard InChI is InChI=1S/C10H16O3/c1-3-12-10(11)5-4-9-6-8(2)7-13-9/h4-5,8-9H,3,6-7H2,1-2H3/b5-4+. The molecule has 2 atom stereocenters. The zero-order valence-corrected chi connectivity index (χ0v) is 8.16. The van der Waals surface area contributed by atoms with E-state index in [1.165, 1.54) is 6.08 Å². The van der Waals surface area contributed by atoms with Crippen LogP contribution in [0.15, 0.2) is 12.2 Å². The summed E-state index contributed by atoms with van der Waals surface area (Å²) in [5, 5.41) is 0. The molecule has 0 spiro atoms. The highest BCUT2D eigenvalue weighted by atomic mass is 16.5. The quantitative estimate of drug-likeness (QED) is 0.493. The Bertz CT molecular complexity index is 198. The van der Waals surface area contributed by atoms with Gasteiger partial charge in [0, 0.05) is 6.08 Å². The van der Waals surface area contributed by atoms with E-state index in [1.807, 2.05) is 0 Å². The van der Waals surface area contributed by atoms with E-state index in [4.69, 9.17) is 9.47 Å². The predicted octanol–water partition coefficient (Wildman–Crippen LogP) is 1.53. The van der Waals surface area contributed by atoms with Crippen LogP contribution in [0.25, 0.3) is 0 Å². The van der Waals surface area contributed by atoms with Crippen molar-refractivity contribution in [3.05, 3.63) is 12.2 Å². The van der Waals surface area contributed by atoms with E-state index in [9.17, 15) is 4.79 Å². The highest BCUT2D eigenvalue weighted by Crippen LogP contribution is 2.19. The molecule has 1 saturated heterocycles. The summed E-state index contributed by atoms with van der Waals surface area (Å²) >= 11 is 0. The van der Waals surface area contributed by atoms with Gasteiger partial charge in [-0.1, -0.05) is 6.92 Å². The van der Waals surface area contributed by atoms with Gasteiger partial charge < -0.3 is 9.47 Å². The number of ether oxygens (including phenoxy) is 2. The molecule has 0 aromatic heterocycles. The molecule has 1 fully saturated rings. The van der Waals surface area contributed by atoms with Gasteiger partial charge in [0.25, 0.3) is 0 Å². The fourth-order valence-electron chi connectivity index (χ4n) is 1.33. The number of carbonyl (C=O) groups is 1. The minimum atomic E-state index is -0.286. The van der Waals surface area contributed by atoms with Crippen molar-refractivity contribution >= 4 is 5.97 Å². The maximum absolute atomic E-state index is 10.9. The van der Waals surface area contributed by atoms with Crippen molar-refractivity contribution in [1.29, 1.82) is 0 Å². The van der Waals surface area contributed by atoms with Crippen molar-refractivity contribution in [1.82, 2.24) is 0 Å². The molecule has 74 valence electrons. The molecule has 0 bridgehead atoms. The van der Waals surface area contributed by atoms with Gasteiger partial charge in [-0.15, -0.1) is 0 Å². The van der Waals surface area contributed by atoms with Crippen LogP contribution < -0.4 is 0 Å². The second kappa shape index (κ2) is 5.02. The van der Waals surface area contributed by atoms with Crippen molar-refractivity contribution in [2.75, 3.05) is 13.2 Å². The molecule has 3 heteroatoms. The van der Waals surface area contributed by atoms with E-state index in [0.717, 1.165) is 13.0 Å². The van der Waals surface area contributed by atoms with Crippen LogP contribution >= 0.6 is 0 Å². The number of hydrogen-bond donors (Lipinski definition) is 0. The van der Waals surface area contributed by atoms with Gasteiger partial charge in [0.2, 0.25) is 0 Å². The first kappa shape index (κ1) is 10.3. The molecule has 13 heavy (non-hydrogen) atoms. The lowest BCUT2D eigenvalue weighted by Gasteiger charge is -2.01. The molecule has 1 aliphatic heterocycles. The molecule has 0 N–H and O–H groups in total. The fraction of sp³-hybridized carbons (Fsp3) is 0.700. The topological polar surface area (TPSA) is 35.5 Å². The van der Waals surface area contributed by atoms with E-state index in [-0.39, 0.29) is 12.1 Å². The molecule has 0 aliphatic carbocycles. The summed E-state index contributed by atoms with van der Waals surface area (Å²) in [6.07, 6.45) is 4.32. The molecule has 2 unspecified atom stereocenters. The van der Waals surface area contributed by atoms with E-state index in [0.29, 0.717) is 12.5 Å². The van der Waals surface area contributed by atoms with Gasteiger partial charge in [0.05, 0.1) is 19.3 Å². The summed E-state index contributed by atoms with van der Waals surface area (Å²) in [4.78, 5) is 10.9. The fourth-order valence-corrected chi connectivity index (χ4v) is 1.33. The van der Waals surface area contributed by atoms with Crippen molar-refractivity contribution < 1.29 is 14.3 Å². The molecular formula is C10H16O3. The Hall–Kier alpha value is -0.830. The molecule has 0 saturated carbocycles. The summed E-state index contributed by atoms with van der Waals surface area (Å²) in [7, 11) is 0.